The molecule has 3 nitrogen and oxygen atoms in total. The van der Waals surface area contributed by atoms with Gasteiger partial charge in [-0.3, -0.25) is 0 Å². The van der Waals surface area contributed by atoms with E-state index in [2.05, 4.69) is 11.9 Å². The van der Waals surface area contributed by atoms with Gasteiger partial charge in [-0.05, 0) is 18.4 Å². The fourth-order valence-corrected chi connectivity index (χ4v) is 0.593. The summed E-state index contributed by atoms with van der Waals surface area (Å²) >= 11 is 0. The predicted octanol–water partition coefficient (Wildman–Crippen LogP) is -0.0300. The van der Waals surface area contributed by atoms with Crippen molar-refractivity contribution < 1.29 is 0 Å². The highest BCUT2D eigenvalue weighted by atomic mass is 15.1. The van der Waals surface area contributed by atoms with Crippen molar-refractivity contribution in [1.82, 2.24) is 5.32 Å². The van der Waals surface area contributed by atoms with Crippen LogP contribution in [0, 0.1) is 0 Å². The van der Waals surface area contributed by atoms with Crippen LogP contribution in [0.15, 0.2) is 23.8 Å². The highest BCUT2D eigenvalue weighted by Crippen LogP contribution is 2.28. The van der Waals surface area contributed by atoms with Gasteiger partial charge in [-0.15, -0.1) is 0 Å². The van der Waals surface area contributed by atoms with Gasteiger partial charge in [-0.1, -0.05) is 6.58 Å². The number of hydrogen-bond acceptors (Lipinski definition) is 3. The van der Waals surface area contributed by atoms with E-state index < -0.39 is 0 Å². The third-order valence-corrected chi connectivity index (χ3v) is 1.18. The first-order valence-electron chi connectivity index (χ1n) is 2.89. The first-order chi connectivity index (χ1) is 4.20. The molecule has 1 rings (SSSR count). The summed E-state index contributed by atoms with van der Waals surface area (Å²) in [5.41, 5.74) is 12.0. The van der Waals surface area contributed by atoms with Crippen LogP contribution >= 0.6 is 0 Å². The smallest absolute Gasteiger partial charge is 0.101 e. The van der Waals surface area contributed by atoms with Gasteiger partial charge < -0.3 is 16.8 Å². The van der Waals surface area contributed by atoms with E-state index in [-0.39, 0.29) is 0 Å². The first-order valence-corrected chi connectivity index (χ1v) is 2.89. The zero-order chi connectivity index (χ0) is 6.85. The highest BCUT2D eigenvalue weighted by molar-refractivity contribution is 5.23. The maximum atomic E-state index is 5.51. The number of hydrogen-bond donors (Lipinski definition) is 3. The summed E-state index contributed by atoms with van der Waals surface area (Å²) in [6, 6.07) is 0. The topological polar surface area (TPSA) is 64.1 Å². The van der Waals surface area contributed by atoms with Gasteiger partial charge in [-0.25, -0.2) is 0 Å². The lowest BCUT2D eigenvalue weighted by Gasteiger charge is -2.02. The van der Waals surface area contributed by atoms with Crippen molar-refractivity contribution in [2.75, 3.05) is 0 Å². The second-order valence-corrected chi connectivity index (χ2v) is 2.17. The van der Waals surface area contributed by atoms with Gasteiger partial charge in [0.05, 0.1) is 5.82 Å². The van der Waals surface area contributed by atoms with Crippen LogP contribution in [0.1, 0.15) is 12.8 Å². The molecule has 0 atom stereocenters. The van der Waals surface area contributed by atoms with E-state index in [4.69, 9.17) is 11.5 Å². The van der Waals surface area contributed by atoms with Crippen LogP contribution in [-0.2, 0) is 0 Å². The molecule has 9 heavy (non-hydrogen) atoms. The van der Waals surface area contributed by atoms with Gasteiger partial charge in [-0.2, -0.15) is 0 Å². The molecule has 0 spiro atoms. The lowest BCUT2D eigenvalue weighted by Crippen LogP contribution is -2.23. The summed E-state index contributed by atoms with van der Waals surface area (Å²) < 4.78 is 0. The fraction of sp³-hybridized carbons (Fsp3) is 0.333. The molecule has 0 amide bonds. The Morgan fingerprint density at radius 3 is 2.33 bits per heavy atom. The Balaban J connectivity index is 2.44. The average Bonchev–Trinajstić information content (AvgIpc) is 2.40. The molecule has 0 aliphatic heterocycles. The Morgan fingerprint density at radius 2 is 2.00 bits per heavy atom. The van der Waals surface area contributed by atoms with Gasteiger partial charge in [0.25, 0.3) is 0 Å². The third kappa shape index (κ3) is 1.68. The van der Waals surface area contributed by atoms with Crippen LogP contribution in [0.5, 0.6) is 0 Å². The Kier molecular flexibility index (Phi) is 1.34. The van der Waals surface area contributed by atoms with Crippen LogP contribution in [0.3, 0.4) is 0 Å². The zero-order valence-electron chi connectivity index (χ0n) is 5.28. The van der Waals surface area contributed by atoms with Gasteiger partial charge in [0.15, 0.2) is 0 Å². The summed E-state index contributed by atoms with van der Waals surface area (Å²) in [5, 5.41) is 2.75. The molecule has 3 heteroatoms. The van der Waals surface area contributed by atoms with E-state index in [1.807, 2.05) is 0 Å². The standard InChI is InChI=1S/C6H11N3/c1-4(7)9-6(8)5-2-3-5/h9H,1-3,7-8H2. The van der Waals surface area contributed by atoms with E-state index in [9.17, 15) is 0 Å². The molecule has 0 bridgehead atoms. The second-order valence-electron chi connectivity index (χ2n) is 2.17. The molecule has 1 fully saturated rings. The molecule has 0 unspecified atom stereocenters. The zero-order valence-corrected chi connectivity index (χ0v) is 5.28. The van der Waals surface area contributed by atoms with Crippen molar-refractivity contribution in [3.05, 3.63) is 23.8 Å². The van der Waals surface area contributed by atoms with E-state index in [0.29, 0.717) is 11.6 Å². The number of rotatable bonds is 2. The van der Waals surface area contributed by atoms with Crippen molar-refractivity contribution >= 4 is 0 Å². The molecule has 0 aromatic carbocycles. The Hall–Kier alpha value is -1.12. The lowest BCUT2D eigenvalue weighted by atomic mass is 10.5. The molecule has 0 radical (unpaired) electrons. The van der Waals surface area contributed by atoms with Crippen molar-refractivity contribution in [3.63, 3.8) is 0 Å². The van der Waals surface area contributed by atoms with Crippen molar-refractivity contribution in [2.24, 2.45) is 11.5 Å². The summed E-state index contributed by atoms with van der Waals surface area (Å²) in [6.45, 7) is 3.46. The molecule has 1 aliphatic rings. The summed E-state index contributed by atoms with van der Waals surface area (Å²) in [7, 11) is 0. The molecule has 0 heterocycles. The predicted molar refractivity (Wildman–Crippen MR) is 36.9 cm³/mol. The summed E-state index contributed by atoms with van der Waals surface area (Å²) in [4.78, 5) is 0. The Morgan fingerprint density at radius 1 is 1.44 bits per heavy atom. The molecule has 5 N–H and O–H groups in total. The monoisotopic (exact) mass is 125 g/mol. The summed E-state index contributed by atoms with van der Waals surface area (Å²) in [6.07, 6.45) is 2.21. The second kappa shape index (κ2) is 2.01. The van der Waals surface area contributed by atoms with E-state index >= 15 is 0 Å². The maximum Gasteiger partial charge on any atom is 0.101 e. The lowest BCUT2D eigenvalue weighted by molar-refractivity contribution is 0.927. The molecule has 50 valence electrons. The molecular weight excluding hydrogens is 114 g/mol. The van der Waals surface area contributed by atoms with Gasteiger partial charge in [0.2, 0.25) is 0 Å². The Labute approximate surface area is 54.4 Å². The number of allylic oxidation sites excluding steroid dienone is 1. The highest BCUT2D eigenvalue weighted by Gasteiger charge is 2.15. The SMILES string of the molecule is C=C(N)NC(N)=C1CC1. The van der Waals surface area contributed by atoms with Crippen molar-refractivity contribution in [3.8, 4) is 0 Å². The molecule has 0 saturated heterocycles. The molecule has 1 aliphatic carbocycles. The summed E-state index contributed by atoms with van der Waals surface area (Å²) in [5.74, 6) is 1.09. The normalized spacial score (nSPS) is 14.9. The Bertz CT molecular complexity index is 163. The van der Waals surface area contributed by atoms with Crippen LogP contribution in [0.25, 0.3) is 0 Å². The fourth-order valence-electron chi connectivity index (χ4n) is 0.593. The van der Waals surface area contributed by atoms with Crippen LogP contribution in [0.4, 0.5) is 0 Å². The minimum absolute atomic E-state index is 0.409. The molecule has 0 aromatic heterocycles. The van der Waals surface area contributed by atoms with Gasteiger partial charge >= 0.3 is 0 Å². The van der Waals surface area contributed by atoms with Crippen molar-refractivity contribution in [2.45, 2.75) is 12.8 Å². The van der Waals surface area contributed by atoms with Crippen molar-refractivity contribution in [1.29, 1.82) is 0 Å². The van der Waals surface area contributed by atoms with Gasteiger partial charge in [0, 0.05) is 0 Å². The molecular formula is C6H11N3. The molecule has 1 saturated carbocycles. The van der Waals surface area contributed by atoms with E-state index in [1.54, 1.807) is 0 Å². The average molecular weight is 125 g/mol. The van der Waals surface area contributed by atoms with E-state index in [1.165, 1.54) is 5.57 Å². The minimum Gasteiger partial charge on any atom is -0.386 e. The van der Waals surface area contributed by atoms with Gasteiger partial charge in [0.1, 0.15) is 5.82 Å². The first kappa shape index (κ1) is 6.01. The quantitative estimate of drug-likeness (QED) is 0.485. The van der Waals surface area contributed by atoms with Crippen LogP contribution in [-0.4, -0.2) is 0 Å². The third-order valence-electron chi connectivity index (χ3n) is 1.18. The number of nitrogens with one attached hydrogen (secondary N) is 1. The number of nitrogens with two attached hydrogens (primary N) is 2. The largest absolute Gasteiger partial charge is 0.386 e. The van der Waals surface area contributed by atoms with Crippen LogP contribution < -0.4 is 16.8 Å². The van der Waals surface area contributed by atoms with Crippen LogP contribution in [0.2, 0.25) is 0 Å². The molecule has 0 aromatic rings. The minimum atomic E-state index is 0.409. The van der Waals surface area contributed by atoms with E-state index in [0.717, 1.165) is 12.8 Å². The maximum absolute atomic E-state index is 5.51.